The number of aromatic nitrogens is 2. The van der Waals surface area contributed by atoms with E-state index in [0.29, 0.717) is 12.1 Å². The standard InChI is InChI=1S/C19H32N4O3S/c1-14(2)18-11-17(20-23(18)16-8-10-27(25,26)13-16)19(24)22-9-6-5-7-15(22)12-21(3)4/h11,14-16H,5-10,12-13H2,1-4H3/t15-,16+/m0/s1. The van der Waals surface area contributed by atoms with Gasteiger partial charge >= 0.3 is 0 Å². The van der Waals surface area contributed by atoms with Gasteiger partial charge in [-0.2, -0.15) is 5.10 Å². The summed E-state index contributed by atoms with van der Waals surface area (Å²) in [6.45, 7) is 5.73. The summed E-state index contributed by atoms with van der Waals surface area (Å²) in [6, 6.07) is 1.92. The summed E-state index contributed by atoms with van der Waals surface area (Å²) in [4.78, 5) is 17.3. The van der Waals surface area contributed by atoms with E-state index in [1.54, 1.807) is 0 Å². The zero-order valence-corrected chi connectivity index (χ0v) is 17.7. The second-order valence-corrected chi connectivity index (χ2v) is 10.7. The molecule has 2 atom stereocenters. The second-order valence-electron chi connectivity index (χ2n) is 8.52. The Labute approximate surface area is 162 Å². The van der Waals surface area contributed by atoms with E-state index in [-0.39, 0.29) is 35.4 Å². The van der Waals surface area contributed by atoms with Gasteiger partial charge in [-0.25, -0.2) is 8.42 Å². The highest BCUT2D eigenvalue weighted by atomic mass is 32.2. The first kappa shape index (κ1) is 20.3. The molecule has 0 saturated carbocycles. The highest BCUT2D eigenvalue weighted by molar-refractivity contribution is 7.91. The number of rotatable bonds is 5. The Hall–Kier alpha value is -1.41. The van der Waals surface area contributed by atoms with Crippen LogP contribution in [0.2, 0.25) is 0 Å². The summed E-state index contributed by atoms with van der Waals surface area (Å²) in [5, 5.41) is 4.62. The van der Waals surface area contributed by atoms with Crippen molar-refractivity contribution >= 4 is 15.7 Å². The minimum absolute atomic E-state index is 0.0249. The molecular formula is C19H32N4O3S. The van der Waals surface area contributed by atoms with Crippen molar-refractivity contribution in [2.45, 2.75) is 57.5 Å². The van der Waals surface area contributed by atoms with Crippen LogP contribution in [-0.2, 0) is 9.84 Å². The molecule has 0 bridgehead atoms. The molecule has 27 heavy (non-hydrogen) atoms. The van der Waals surface area contributed by atoms with Gasteiger partial charge in [-0.15, -0.1) is 0 Å². The SMILES string of the molecule is CC(C)c1cc(C(=O)N2CCCC[C@H]2CN(C)C)nn1[C@@H]1CCS(=O)(=O)C1. The van der Waals surface area contributed by atoms with Gasteiger partial charge in [0.15, 0.2) is 15.5 Å². The average molecular weight is 397 g/mol. The molecule has 1 aromatic heterocycles. The Morgan fingerprint density at radius 3 is 2.63 bits per heavy atom. The van der Waals surface area contributed by atoms with Gasteiger partial charge in [-0.1, -0.05) is 13.8 Å². The van der Waals surface area contributed by atoms with Crippen LogP contribution in [0.1, 0.15) is 67.7 Å². The average Bonchev–Trinajstić information content (AvgIpc) is 3.17. The fraction of sp³-hybridized carbons (Fsp3) is 0.789. The lowest BCUT2D eigenvalue weighted by molar-refractivity contribution is 0.0567. The number of carbonyl (C=O) groups excluding carboxylic acids is 1. The third-order valence-corrected chi connectivity index (χ3v) is 7.34. The monoisotopic (exact) mass is 396 g/mol. The van der Waals surface area contributed by atoms with E-state index in [1.165, 1.54) is 0 Å². The summed E-state index contributed by atoms with van der Waals surface area (Å²) >= 11 is 0. The first-order valence-electron chi connectivity index (χ1n) is 9.93. The van der Waals surface area contributed by atoms with Gasteiger partial charge in [0.05, 0.1) is 17.5 Å². The van der Waals surface area contributed by atoms with Crippen molar-refractivity contribution in [3.05, 3.63) is 17.5 Å². The molecule has 152 valence electrons. The number of amides is 1. The van der Waals surface area contributed by atoms with Crippen LogP contribution in [0.3, 0.4) is 0 Å². The third-order valence-electron chi connectivity index (χ3n) is 5.59. The molecule has 0 unspecified atom stereocenters. The molecule has 1 amide bonds. The number of likely N-dealkylation sites (tertiary alicyclic amines) is 1. The van der Waals surface area contributed by atoms with Crippen LogP contribution in [0, 0.1) is 0 Å². The smallest absolute Gasteiger partial charge is 0.274 e. The summed E-state index contributed by atoms with van der Waals surface area (Å²) in [7, 11) is 1.06. The van der Waals surface area contributed by atoms with Gasteiger partial charge in [-0.05, 0) is 51.8 Å². The van der Waals surface area contributed by atoms with Crippen LogP contribution in [-0.4, -0.2) is 78.6 Å². The zero-order valence-electron chi connectivity index (χ0n) is 16.9. The predicted molar refractivity (Wildman–Crippen MR) is 106 cm³/mol. The molecule has 2 fully saturated rings. The van der Waals surface area contributed by atoms with Crippen molar-refractivity contribution in [2.24, 2.45) is 0 Å². The number of hydrogen-bond acceptors (Lipinski definition) is 5. The molecule has 0 spiro atoms. The molecule has 8 heteroatoms. The van der Waals surface area contributed by atoms with Crippen molar-refractivity contribution < 1.29 is 13.2 Å². The Balaban J connectivity index is 1.87. The maximum Gasteiger partial charge on any atom is 0.274 e. The van der Waals surface area contributed by atoms with Crippen molar-refractivity contribution in [1.82, 2.24) is 19.6 Å². The zero-order chi connectivity index (χ0) is 19.8. The minimum atomic E-state index is -3.00. The van der Waals surface area contributed by atoms with E-state index in [1.807, 2.05) is 29.7 Å². The highest BCUT2D eigenvalue weighted by Crippen LogP contribution is 2.29. The van der Waals surface area contributed by atoms with E-state index < -0.39 is 9.84 Å². The molecule has 2 aliphatic heterocycles. The van der Waals surface area contributed by atoms with Crippen molar-refractivity contribution in [3.8, 4) is 0 Å². The van der Waals surface area contributed by atoms with Crippen molar-refractivity contribution in [3.63, 3.8) is 0 Å². The summed E-state index contributed by atoms with van der Waals surface area (Å²) in [6.07, 6.45) is 3.76. The largest absolute Gasteiger partial charge is 0.333 e. The number of sulfone groups is 1. The van der Waals surface area contributed by atoms with Gasteiger partial charge in [0.25, 0.3) is 5.91 Å². The van der Waals surface area contributed by atoms with E-state index in [9.17, 15) is 13.2 Å². The van der Waals surface area contributed by atoms with E-state index in [4.69, 9.17) is 0 Å². The normalized spacial score (nSPS) is 25.5. The molecule has 2 saturated heterocycles. The Morgan fingerprint density at radius 2 is 2.04 bits per heavy atom. The topological polar surface area (TPSA) is 75.5 Å². The fourth-order valence-corrected chi connectivity index (χ4v) is 5.92. The molecule has 0 radical (unpaired) electrons. The Kier molecular flexibility index (Phi) is 5.96. The van der Waals surface area contributed by atoms with E-state index >= 15 is 0 Å². The Morgan fingerprint density at radius 1 is 1.30 bits per heavy atom. The van der Waals surface area contributed by atoms with Gasteiger partial charge in [-0.3, -0.25) is 9.48 Å². The van der Waals surface area contributed by atoms with Crippen LogP contribution in [0.25, 0.3) is 0 Å². The first-order valence-corrected chi connectivity index (χ1v) is 11.8. The first-order chi connectivity index (χ1) is 12.7. The van der Waals surface area contributed by atoms with Crippen LogP contribution in [0.5, 0.6) is 0 Å². The lowest BCUT2D eigenvalue weighted by Gasteiger charge is -2.36. The lowest BCUT2D eigenvalue weighted by atomic mass is 10.0. The van der Waals surface area contributed by atoms with Gasteiger partial charge in [0, 0.05) is 24.8 Å². The molecule has 3 rings (SSSR count). The number of hydrogen-bond donors (Lipinski definition) is 0. The van der Waals surface area contributed by atoms with E-state index in [2.05, 4.69) is 23.8 Å². The predicted octanol–water partition coefficient (Wildman–Crippen LogP) is 1.92. The fourth-order valence-electron chi connectivity index (χ4n) is 4.23. The van der Waals surface area contributed by atoms with Gasteiger partial charge in [0.2, 0.25) is 0 Å². The molecule has 2 aliphatic rings. The maximum atomic E-state index is 13.2. The quantitative estimate of drug-likeness (QED) is 0.760. The van der Waals surface area contributed by atoms with Crippen LogP contribution >= 0.6 is 0 Å². The molecule has 0 aliphatic carbocycles. The second kappa shape index (κ2) is 7.91. The molecular weight excluding hydrogens is 364 g/mol. The lowest BCUT2D eigenvalue weighted by Crippen LogP contribution is -2.48. The molecule has 7 nitrogen and oxygen atoms in total. The summed E-state index contributed by atoms with van der Waals surface area (Å²) < 4.78 is 25.6. The van der Waals surface area contributed by atoms with Crippen LogP contribution in [0.15, 0.2) is 6.07 Å². The molecule has 0 N–H and O–H groups in total. The maximum absolute atomic E-state index is 13.2. The molecule has 1 aromatic rings. The third kappa shape index (κ3) is 4.54. The molecule has 3 heterocycles. The molecule has 0 aromatic carbocycles. The summed E-state index contributed by atoms with van der Waals surface area (Å²) in [5.74, 6) is 0.481. The minimum Gasteiger partial charge on any atom is -0.333 e. The number of likely N-dealkylation sites (N-methyl/N-ethyl adjacent to an activating group) is 1. The van der Waals surface area contributed by atoms with Gasteiger partial charge in [0.1, 0.15) is 0 Å². The number of carbonyl (C=O) groups is 1. The van der Waals surface area contributed by atoms with Crippen molar-refractivity contribution in [1.29, 1.82) is 0 Å². The van der Waals surface area contributed by atoms with Crippen LogP contribution in [0.4, 0.5) is 0 Å². The number of nitrogens with zero attached hydrogens (tertiary/aromatic N) is 4. The van der Waals surface area contributed by atoms with Crippen molar-refractivity contribution in [2.75, 3.05) is 38.7 Å². The number of piperidine rings is 1. The van der Waals surface area contributed by atoms with E-state index in [0.717, 1.165) is 38.0 Å². The Bertz CT molecular complexity index is 785. The highest BCUT2D eigenvalue weighted by Gasteiger charge is 2.34. The van der Waals surface area contributed by atoms with Crippen LogP contribution < -0.4 is 0 Å². The van der Waals surface area contributed by atoms with Gasteiger partial charge < -0.3 is 9.80 Å². The summed E-state index contributed by atoms with van der Waals surface area (Å²) in [5.41, 5.74) is 1.40.